The fourth-order valence-corrected chi connectivity index (χ4v) is 3.43. The molecule has 0 saturated carbocycles. The lowest BCUT2D eigenvalue weighted by Gasteiger charge is -2.35. The SMILES string of the molecule is CC(C)(C)[C@H](NC(=O)C(F)(F)F)C(=O)N1CCCC1C(=O)N[C@H](C#N)Cc1c[nH][nH]c1=O. The van der Waals surface area contributed by atoms with Crippen LogP contribution in [0.2, 0.25) is 0 Å². The highest BCUT2D eigenvalue weighted by molar-refractivity contribution is 5.94. The normalized spacial score (nSPS) is 18.5. The van der Waals surface area contributed by atoms with E-state index >= 15 is 0 Å². The van der Waals surface area contributed by atoms with Gasteiger partial charge < -0.3 is 20.6 Å². The van der Waals surface area contributed by atoms with Crippen molar-refractivity contribution in [2.24, 2.45) is 5.41 Å². The standard InChI is InChI=1S/C19H25F3N6O4/c1-18(2,3)13(26-17(32)19(20,21)22)16(31)28-6-4-5-12(28)15(30)25-11(8-23)7-10-9-24-27-14(10)29/h9,11-13H,4-7H2,1-3H3,(H,25,30)(H,26,32)(H2,24,27,29)/t11-,12?,13+/m0/s1. The van der Waals surface area contributed by atoms with Gasteiger partial charge in [-0.05, 0) is 18.3 Å². The Morgan fingerprint density at radius 3 is 2.44 bits per heavy atom. The van der Waals surface area contributed by atoms with Crippen LogP contribution in [0.15, 0.2) is 11.0 Å². The number of rotatable bonds is 6. The van der Waals surface area contributed by atoms with Gasteiger partial charge in [-0.2, -0.15) is 18.4 Å². The van der Waals surface area contributed by atoms with Crippen molar-refractivity contribution in [2.45, 2.75) is 64.3 Å². The second-order valence-electron chi connectivity index (χ2n) is 8.62. The summed E-state index contributed by atoms with van der Waals surface area (Å²) in [4.78, 5) is 50.1. The van der Waals surface area contributed by atoms with E-state index in [1.807, 2.05) is 6.07 Å². The second-order valence-corrected chi connectivity index (χ2v) is 8.62. The lowest BCUT2D eigenvalue weighted by molar-refractivity contribution is -0.176. The van der Waals surface area contributed by atoms with Crippen molar-refractivity contribution in [3.63, 3.8) is 0 Å². The van der Waals surface area contributed by atoms with E-state index in [0.29, 0.717) is 6.42 Å². The summed E-state index contributed by atoms with van der Waals surface area (Å²) in [7, 11) is 0. The van der Waals surface area contributed by atoms with Crippen molar-refractivity contribution < 1.29 is 27.6 Å². The summed E-state index contributed by atoms with van der Waals surface area (Å²) in [6.45, 7) is 4.60. The van der Waals surface area contributed by atoms with Crippen molar-refractivity contribution in [1.82, 2.24) is 25.7 Å². The third kappa shape index (κ3) is 5.89. The van der Waals surface area contributed by atoms with E-state index in [4.69, 9.17) is 0 Å². The molecule has 1 aliphatic rings. The number of hydrogen-bond donors (Lipinski definition) is 4. The Kier molecular flexibility index (Phi) is 7.38. The molecule has 1 fully saturated rings. The Morgan fingerprint density at radius 1 is 1.28 bits per heavy atom. The summed E-state index contributed by atoms with van der Waals surface area (Å²) in [5, 5.41) is 18.3. The van der Waals surface area contributed by atoms with Crippen LogP contribution < -0.4 is 16.2 Å². The van der Waals surface area contributed by atoms with Crippen LogP contribution in [-0.4, -0.2) is 63.7 Å². The van der Waals surface area contributed by atoms with Gasteiger partial charge in [-0.1, -0.05) is 20.8 Å². The first-order valence-corrected chi connectivity index (χ1v) is 9.88. The molecule has 0 bridgehead atoms. The van der Waals surface area contributed by atoms with Crippen molar-refractivity contribution in [2.75, 3.05) is 6.54 Å². The largest absolute Gasteiger partial charge is 0.471 e. The van der Waals surface area contributed by atoms with Gasteiger partial charge in [0.1, 0.15) is 18.1 Å². The van der Waals surface area contributed by atoms with Gasteiger partial charge in [-0.25, -0.2) is 0 Å². The maximum absolute atomic E-state index is 13.1. The predicted octanol–water partition coefficient (Wildman–Crippen LogP) is 0.338. The summed E-state index contributed by atoms with van der Waals surface area (Å²) >= 11 is 0. The molecule has 32 heavy (non-hydrogen) atoms. The molecular weight excluding hydrogens is 433 g/mol. The Bertz CT molecular complexity index is 956. The molecule has 10 nitrogen and oxygen atoms in total. The highest BCUT2D eigenvalue weighted by Crippen LogP contribution is 2.27. The number of carbonyl (C=O) groups is 3. The van der Waals surface area contributed by atoms with E-state index in [1.165, 1.54) is 27.0 Å². The summed E-state index contributed by atoms with van der Waals surface area (Å²) in [5.41, 5.74) is -1.25. The number of carbonyl (C=O) groups excluding carboxylic acids is 3. The molecule has 1 aliphatic heterocycles. The smallest absolute Gasteiger partial charge is 0.338 e. The topological polar surface area (TPSA) is 151 Å². The van der Waals surface area contributed by atoms with E-state index in [-0.39, 0.29) is 24.9 Å². The van der Waals surface area contributed by atoms with Gasteiger partial charge in [0.05, 0.1) is 6.07 Å². The second kappa shape index (κ2) is 9.46. The lowest BCUT2D eigenvalue weighted by Crippen LogP contribution is -2.59. The molecule has 4 N–H and O–H groups in total. The van der Waals surface area contributed by atoms with E-state index < -0.39 is 53.0 Å². The Hall–Kier alpha value is -3.30. The van der Waals surface area contributed by atoms with Gasteiger partial charge in [0, 0.05) is 24.7 Å². The Labute approximate surface area is 181 Å². The number of nitrogens with one attached hydrogen (secondary N) is 4. The van der Waals surface area contributed by atoms with E-state index in [9.17, 15) is 37.6 Å². The van der Waals surface area contributed by atoms with Crippen molar-refractivity contribution in [1.29, 1.82) is 5.26 Å². The first kappa shape index (κ1) is 25.0. The monoisotopic (exact) mass is 458 g/mol. The third-order valence-electron chi connectivity index (χ3n) is 5.10. The number of hydrogen-bond acceptors (Lipinski definition) is 5. The Morgan fingerprint density at radius 2 is 1.94 bits per heavy atom. The van der Waals surface area contributed by atoms with Gasteiger partial charge in [0.15, 0.2) is 0 Å². The molecular formula is C19H25F3N6O4. The maximum atomic E-state index is 13.1. The van der Waals surface area contributed by atoms with E-state index in [0.717, 1.165) is 4.90 Å². The number of likely N-dealkylation sites (tertiary alicyclic amines) is 1. The molecule has 3 amide bonds. The molecule has 1 aromatic rings. The quantitative estimate of drug-likeness (QED) is 0.485. The molecule has 2 heterocycles. The first-order valence-electron chi connectivity index (χ1n) is 9.88. The van der Waals surface area contributed by atoms with Crippen molar-refractivity contribution in [3.8, 4) is 6.07 Å². The molecule has 0 aliphatic carbocycles. The van der Waals surface area contributed by atoms with Gasteiger partial charge in [0.2, 0.25) is 11.8 Å². The zero-order valence-electron chi connectivity index (χ0n) is 17.8. The molecule has 1 aromatic heterocycles. The predicted molar refractivity (Wildman–Crippen MR) is 105 cm³/mol. The summed E-state index contributed by atoms with van der Waals surface area (Å²) in [5.74, 6) is -3.72. The van der Waals surface area contributed by atoms with Crippen molar-refractivity contribution >= 4 is 17.7 Å². The fourth-order valence-electron chi connectivity index (χ4n) is 3.43. The molecule has 1 unspecified atom stereocenters. The van der Waals surface area contributed by atoms with Gasteiger partial charge >= 0.3 is 12.1 Å². The minimum absolute atomic E-state index is 0.0754. The number of nitriles is 1. The molecule has 13 heteroatoms. The summed E-state index contributed by atoms with van der Waals surface area (Å²) in [6.07, 6.45) is -3.22. The molecule has 176 valence electrons. The van der Waals surface area contributed by atoms with Gasteiger partial charge in [0.25, 0.3) is 5.56 Å². The van der Waals surface area contributed by atoms with Crippen molar-refractivity contribution in [3.05, 3.63) is 22.1 Å². The number of aromatic nitrogens is 2. The molecule has 1 saturated heterocycles. The van der Waals surface area contributed by atoms with Crippen LogP contribution in [0.1, 0.15) is 39.2 Å². The minimum atomic E-state index is -5.17. The lowest BCUT2D eigenvalue weighted by atomic mass is 9.85. The number of alkyl halides is 3. The highest BCUT2D eigenvalue weighted by Gasteiger charge is 2.46. The number of amides is 3. The zero-order chi connectivity index (χ0) is 24.3. The van der Waals surface area contributed by atoms with E-state index in [1.54, 1.807) is 5.32 Å². The molecule has 0 radical (unpaired) electrons. The average Bonchev–Trinajstić information content (AvgIpc) is 3.32. The van der Waals surface area contributed by atoms with Crippen LogP contribution in [0.5, 0.6) is 0 Å². The number of H-pyrrole nitrogens is 2. The number of halogens is 3. The number of aromatic amines is 2. The average molecular weight is 458 g/mol. The third-order valence-corrected chi connectivity index (χ3v) is 5.10. The van der Waals surface area contributed by atoms with Gasteiger partial charge in [-0.3, -0.25) is 24.3 Å². The van der Waals surface area contributed by atoms with Crippen LogP contribution in [0.4, 0.5) is 13.2 Å². The van der Waals surface area contributed by atoms with Crippen LogP contribution in [-0.2, 0) is 20.8 Å². The highest BCUT2D eigenvalue weighted by atomic mass is 19.4. The zero-order valence-corrected chi connectivity index (χ0v) is 17.8. The minimum Gasteiger partial charge on any atom is -0.338 e. The van der Waals surface area contributed by atoms with Crippen LogP contribution in [0.25, 0.3) is 0 Å². The summed E-state index contributed by atoms with van der Waals surface area (Å²) < 4.78 is 38.3. The molecule has 2 rings (SSSR count). The Balaban J connectivity index is 2.15. The fraction of sp³-hybridized carbons (Fsp3) is 0.632. The molecule has 0 spiro atoms. The first-order chi connectivity index (χ1) is 14.8. The number of nitrogens with zero attached hydrogens (tertiary/aromatic N) is 2. The van der Waals surface area contributed by atoms with Crippen LogP contribution in [0, 0.1) is 16.7 Å². The van der Waals surface area contributed by atoms with Crippen LogP contribution >= 0.6 is 0 Å². The van der Waals surface area contributed by atoms with Gasteiger partial charge in [-0.15, -0.1) is 0 Å². The maximum Gasteiger partial charge on any atom is 0.471 e. The molecule has 3 atom stereocenters. The van der Waals surface area contributed by atoms with E-state index in [2.05, 4.69) is 15.5 Å². The van der Waals surface area contributed by atoms with Crippen LogP contribution in [0.3, 0.4) is 0 Å². The molecule has 0 aromatic carbocycles. The summed E-state index contributed by atoms with van der Waals surface area (Å²) in [6, 6.07) is -1.72.